The van der Waals surface area contributed by atoms with Crippen LogP contribution >= 0.6 is 0 Å². The third-order valence-corrected chi connectivity index (χ3v) is 11.4. The fourth-order valence-electron chi connectivity index (χ4n) is 8.78. The molecule has 7 aromatic carbocycles. The maximum atomic E-state index is 9.49. The van der Waals surface area contributed by atoms with Gasteiger partial charge in [-0.2, -0.15) is 10.5 Å². The van der Waals surface area contributed by atoms with Crippen LogP contribution < -0.4 is 0 Å². The van der Waals surface area contributed by atoms with Crippen LogP contribution in [0.25, 0.3) is 66.4 Å². The zero-order valence-electron chi connectivity index (χ0n) is 30.8. The number of aromatic nitrogens is 2. The first-order valence-electron chi connectivity index (χ1n) is 18.9. The Kier molecular flexibility index (Phi) is 8.11. The summed E-state index contributed by atoms with van der Waals surface area (Å²) in [5.74, 6) is 0. The molecule has 2 aromatic heterocycles. The van der Waals surface area contributed by atoms with Crippen molar-refractivity contribution in [2.24, 2.45) is 0 Å². The van der Waals surface area contributed by atoms with E-state index in [1.54, 1.807) is 24.8 Å². The van der Waals surface area contributed by atoms with Gasteiger partial charge in [-0.1, -0.05) is 146 Å². The van der Waals surface area contributed by atoms with Gasteiger partial charge in [0.05, 0.1) is 16.5 Å². The number of pyridine rings is 2. The van der Waals surface area contributed by atoms with E-state index < -0.39 is 5.41 Å². The molecule has 2 heterocycles. The number of nitrogens with zero attached hydrogens (tertiary/aromatic N) is 4. The number of hydrogen-bond acceptors (Lipinski definition) is 4. The molecule has 0 saturated carbocycles. The highest BCUT2D eigenvalue weighted by atomic mass is 14.6. The molecule has 4 heteroatoms. The summed E-state index contributed by atoms with van der Waals surface area (Å²) >= 11 is 0. The van der Waals surface area contributed by atoms with Gasteiger partial charge in [0.2, 0.25) is 0 Å². The second kappa shape index (κ2) is 13.7. The quantitative estimate of drug-likeness (QED) is 0.171. The van der Waals surface area contributed by atoms with Crippen molar-refractivity contribution in [2.75, 3.05) is 0 Å². The second-order valence-electron chi connectivity index (χ2n) is 14.4. The Bertz CT molecular complexity index is 3020. The fraction of sp³-hybridized carbons (Fsp3) is 0.0189. The van der Waals surface area contributed by atoms with Crippen LogP contribution in [0.1, 0.15) is 33.4 Å². The highest BCUT2D eigenvalue weighted by molar-refractivity contribution is 6.10. The van der Waals surface area contributed by atoms with E-state index in [9.17, 15) is 10.5 Å². The van der Waals surface area contributed by atoms with Crippen LogP contribution in [0.3, 0.4) is 0 Å². The summed E-state index contributed by atoms with van der Waals surface area (Å²) in [4.78, 5) is 8.58. The average Bonchev–Trinajstić information content (AvgIpc) is 3.60. The van der Waals surface area contributed by atoms with Gasteiger partial charge in [0, 0.05) is 35.9 Å². The van der Waals surface area contributed by atoms with Gasteiger partial charge in [0.15, 0.2) is 0 Å². The topological polar surface area (TPSA) is 73.4 Å². The maximum Gasteiger partial charge on any atom is 0.101 e. The molecule has 0 radical (unpaired) electrons. The number of rotatable bonds is 6. The maximum absolute atomic E-state index is 9.49. The molecule has 0 aliphatic heterocycles. The van der Waals surface area contributed by atoms with Gasteiger partial charge >= 0.3 is 0 Å². The van der Waals surface area contributed by atoms with Crippen molar-refractivity contribution < 1.29 is 0 Å². The normalized spacial score (nSPS) is 12.3. The molecule has 4 nitrogen and oxygen atoms in total. The van der Waals surface area contributed by atoms with Crippen molar-refractivity contribution in [3.63, 3.8) is 0 Å². The van der Waals surface area contributed by atoms with Gasteiger partial charge in [0.25, 0.3) is 0 Å². The van der Waals surface area contributed by atoms with E-state index in [1.807, 2.05) is 12.1 Å². The van der Waals surface area contributed by atoms with Gasteiger partial charge in [-0.05, 0) is 102 Å². The summed E-state index contributed by atoms with van der Waals surface area (Å²) in [7, 11) is 0. The van der Waals surface area contributed by atoms with E-state index in [1.165, 1.54) is 44.2 Å². The number of benzene rings is 7. The van der Waals surface area contributed by atoms with Crippen LogP contribution in [0.15, 0.2) is 195 Å². The van der Waals surface area contributed by atoms with Crippen LogP contribution in [0, 0.1) is 22.7 Å². The summed E-state index contributed by atoms with van der Waals surface area (Å²) in [6.07, 6.45) is 6.79. The van der Waals surface area contributed by atoms with Crippen molar-refractivity contribution in [2.45, 2.75) is 5.41 Å². The van der Waals surface area contributed by atoms with E-state index in [0.29, 0.717) is 11.1 Å². The minimum Gasteiger partial charge on any atom is -0.263 e. The lowest BCUT2D eigenvalue weighted by Crippen LogP contribution is -2.28. The molecule has 0 unspecified atom stereocenters. The van der Waals surface area contributed by atoms with Crippen molar-refractivity contribution in [1.29, 1.82) is 10.5 Å². The van der Waals surface area contributed by atoms with Crippen LogP contribution in [-0.2, 0) is 5.41 Å². The molecule has 1 aliphatic carbocycles. The fourth-order valence-corrected chi connectivity index (χ4v) is 8.78. The van der Waals surface area contributed by atoms with Crippen LogP contribution in [0.5, 0.6) is 0 Å². The molecule has 0 atom stereocenters. The first-order chi connectivity index (χ1) is 28.1. The molecule has 0 fully saturated rings. The van der Waals surface area contributed by atoms with Crippen LogP contribution in [0.4, 0.5) is 0 Å². The molecular formula is C53H32N4. The Hall–Kier alpha value is -7.92. The second-order valence-corrected chi connectivity index (χ2v) is 14.4. The zero-order chi connectivity index (χ0) is 38.3. The summed E-state index contributed by atoms with van der Waals surface area (Å²) in [5, 5.41) is 21.3. The molecule has 264 valence electrons. The van der Waals surface area contributed by atoms with Gasteiger partial charge in [-0.15, -0.1) is 0 Å². The predicted molar refractivity (Wildman–Crippen MR) is 228 cm³/mol. The standard InChI is InChI=1S/C53H32N4/c54-29-35-25-42(33-56-31-35)38-17-15-37(16-18-38)41-23-24-48-50(27-41)53(44-9-3-1-4-10-44,45-11-5-2-6-12-45)51-28-49(46-13-7-8-14-47(46)52(48)51)40-21-19-39(20-22-40)43-26-36(30-55)32-57-34-43/h1-28,31-34H. The van der Waals surface area contributed by atoms with Crippen LogP contribution in [0.2, 0.25) is 0 Å². The predicted octanol–water partition coefficient (Wildman–Crippen LogP) is 12.4. The molecule has 0 N–H and O–H groups in total. The summed E-state index contributed by atoms with van der Waals surface area (Å²) in [5.41, 5.74) is 16.2. The van der Waals surface area contributed by atoms with E-state index >= 15 is 0 Å². The van der Waals surface area contributed by atoms with Gasteiger partial charge in [0.1, 0.15) is 12.1 Å². The third kappa shape index (κ3) is 5.51. The summed E-state index contributed by atoms with van der Waals surface area (Å²) in [6.45, 7) is 0. The number of fused-ring (bicyclic) bond motifs is 5. The Morgan fingerprint density at radius 2 is 0.842 bits per heavy atom. The van der Waals surface area contributed by atoms with Crippen molar-refractivity contribution in [1.82, 2.24) is 9.97 Å². The summed E-state index contributed by atoms with van der Waals surface area (Å²) in [6, 6.07) is 65.3. The Balaban J connectivity index is 1.20. The molecule has 1 aliphatic rings. The highest BCUT2D eigenvalue weighted by Crippen LogP contribution is 2.59. The SMILES string of the molecule is N#Cc1cncc(-c2ccc(-c3ccc4c(c3)C(c3ccccc3)(c3ccccc3)c3cc(-c5ccc(-c6cncc(C#N)c6)cc5)c5ccccc5c3-4)cc2)c1. The smallest absolute Gasteiger partial charge is 0.101 e. The van der Waals surface area contributed by atoms with Crippen molar-refractivity contribution >= 4 is 10.8 Å². The minimum absolute atomic E-state index is 0.541. The van der Waals surface area contributed by atoms with E-state index in [0.717, 1.165) is 44.5 Å². The van der Waals surface area contributed by atoms with Gasteiger partial charge in [-0.25, -0.2) is 0 Å². The van der Waals surface area contributed by atoms with Gasteiger partial charge in [-0.3, -0.25) is 9.97 Å². The highest BCUT2D eigenvalue weighted by Gasteiger charge is 2.47. The van der Waals surface area contributed by atoms with E-state index in [-0.39, 0.29) is 0 Å². The number of nitriles is 2. The van der Waals surface area contributed by atoms with Crippen molar-refractivity contribution in [3.8, 4) is 67.8 Å². The molecule has 0 spiro atoms. The Labute approximate surface area is 331 Å². The van der Waals surface area contributed by atoms with E-state index in [4.69, 9.17) is 0 Å². The lowest BCUT2D eigenvalue weighted by atomic mass is 9.67. The number of hydrogen-bond donors (Lipinski definition) is 0. The lowest BCUT2D eigenvalue weighted by molar-refractivity contribution is 0.769. The Morgan fingerprint density at radius 1 is 0.368 bits per heavy atom. The molecule has 57 heavy (non-hydrogen) atoms. The third-order valence-electron chi connectivity index (χ3n) is 11.4. The average molecular weight is 725 g/mol. The van der Waals surface area contributed by atoms with Crippen molar-refractivity contribution in [3.05, 3.63) is 228 Å². The zero-order valence-corrected chi connectivity index (χ0v) is 30.8. The molecular weight excluding hydrogens is 693 g/mol. The van der Waals surface area contributed by atoms with E-state index in [2.05, 4.69) is 180 Å². The largest absolute Gasteiger partial charge is 0.263 e. The van der Waals surface area contributed by atoms with Gasteiger partial charge < -0.3 is 0 Å². The van der Waals surface area contributed by atoms with Crippen LogP contribution in [-0.4, -0.2) is 9.97 Å². The summed E-state index contributed by atoms with van der Waals surface area (Å²) < 4.78 is 0. The Morgan fingerprint density at radius 3 is 1.39 bits per heavy atom. The molecule has 0 saturated heterocycles. The molecule has 10 rings (SSSR count). The molecule has 0 amide bonds. The lowest BCUT2D eigenvalue weighted by Gasteiger charge is -2.34. The minimum atomic E-state index is -0.616. The first-order valence-corrected chi connectivity index (χ1v) is 18.9. The first kappa shape index (κ1) is 33.6. The molecule has 9 aromatic rings. The molecule has 0 bridgehead atoms. The monoisotopic (exact) mass is 724 g/mol.